The van der Waals surface area contributed by atoms with Crippen molar-refractivity contribution in [3.05, 3.63) is 40.3 Å². The van der Waals surface area contributed by atoms with Gasteiger partial charge in [0.1, 0.15) is 0 Å². The number of nitrogens with two attached hydrogens (primary N) is 2. The molecule has 0 aliphatic carbocycles. The van der Waals surface area contributed by atoms with E-state index in [1.54, 1.807) is 12.1 Å². The zero-order valence-electron chi connectivity index (χ0n) is 14.1. The fraction of sp³-hybridized carbons (Fsp3) is 0.471. The van der Waals surface area contributed by atoms with Crippen LogP contribution in [0.2, 0.25) is 0 Å². The van der Waals surface area contributed by atoms with E-state index >= 15 is 0 Å². The van der Waals surface area contributed by atoms with Crippen LogP contribution in [0.3, 0.4) is 0 Å². The van der Waals surface area contributed by atoms with Gasteiger partial charge in [-0.15, -0.1) is 0 Å². The molecule has 0 saturated heterocycles. The molecule has 0 radical (unpaired) electrons. The van der Waals surface area contributed by atoms with Crippen molar-refractivity contribution in [2.75, 3.05) is 0 Å². The van der Waals surface area contributed by atoms with Crippen molar-refractivity contribution in [2.24, 2.45) is 10.9 Å². The first-order valence-electron chi connectivity index (χ1n) is 8.20. The highest BCUT2D eigenvalue weighted by Gasteiger charge is 2.19. The van der Waals surface area contributed by atoms with Crippen LogP contribution in [-0.4, -0.2) is 19.4 Å². The van der Waals surface area contributed by atoms with Gasteiger partial charge in [-0.05, 0) is 24.6 Å². The Morgan fingerprint density at radius 2 is 1.92 bits per heavy atom. The van der Waals surface area contributed by atoms with E-state index in [-0.39, 0.29) is 22.4 Å². The number of benzene rings is 1. The van der Waals surface area contributed by atoms with Crippen molar-refractivity contribution in [1.29, 1.82) is 0 Å². The minimum Gasteiger partial charge on any atom is -0.327 e. The molecule has 0 bridgehead atoms. The number of pyridine rings is 1. The second kappa shape index (κ2) is 7.46. The van der Waals surface area contributed by atoms with Gasteiger partial charge < -0.3 is 10.7 Å². The number of primary sulfonamides is 1. The molecule has 5 N–H and O–H groups in total. The van der Waals surface area contributed by atoms with Crippen LogP contribution < -0.4 is 16.4 Å². The lowest BCUT2D eigenvalue weighted by atomic mass is 9.93. The molecule has 24 heavy (non-hydrogen) atoms. The zero-order valence-corrected chi connectivity index (χ0v) is 14.9. The van der Waals surface area contributed by atoms with Crippen LogP contribution >= 0.6 is 0 Å². The number of fused-ring (bicyclic) bond motifs is 1. The standard InChI is InChI=1S/C17H25N3O3S/c1-3-4-5-8-14(18)11(2)15-10-13-12(17(21)20-15)7-6-9-16(13)24(19,22)23/h6-7,9-11,14H,3-5,8,18H2,1-2H3,(H,20,21)(H2,19,22,23). The molecule has 132 valence electrons. The molecule has 0 aliphatic heterocycles. The van der Waals surface area contributed by atoms with Gasteiger partial charge in [-0.2, -0.15) is 0 Å². The van der Waals surface area contributed by atoms with Gasteiger partial charge in [-0.25, -0.2) is 13.6 Å². The molecule has 1 aromatic carbocycles. The Balaban J connectivity index is 2.48. The molecule has 2 unspecified atom stereocenters. The van der Waals surface area contributed by atoms with Crippen LogP contribution in [0.15, 0.2) is 34.0 Å². The summed E-state index contributed by atoms with van der Waals surface area (Å²) in [5, 5.41) is 5.92. The molecule has 0 spiro atoms. The summed E-state index contributed by atoms with van der Waals surface area (Å²) in [5.74, 6) is -0.0903. The van der Waals surface area contributed by atoms with Gasteiger partial charge in [0.15, 0.2) is 0 Å². The van der Waals surface area contributed by atoms with Gasteiger partial charge in [0.2, 0.25) is 10.0 Å². The quantitative estimate of drug-likeness (QED) is 0.662. The number of hydrogen-bond acceptors (Lipinski definition) is 4. The second-order valence-electron chi connectivity index (χ2n) is 6.26. The molecular formula is C17H25N3O3S. The van der Waals surface area contributed by atoms with E-state index in [2.05, 4.69) is 11.9 Å². The summed E-state index contributed by atoms with van der Waals surface area (Å²) in [6, 6.07) is 6.08. The highest BCUT2D eigenvalue weighted by Crippen LogP contribution is 2.25. The van der Waals surface area contributed by atoms with Crippen molar-refractivity contribution in [1.82, 2.24) is 4.98 Å². The molecule has 0 aliphatic rings. The highest BCUT2D eigenvalue weighted by atomic mass is 32.2. The molecule has 0 saturated carbocycles. The Hall–Kier alpha value is -1.70. The average Bonchev–Trinajstić information content (AvgIpc) is 2.52. The molecule has 1 aromatic heterocycles. The topological polar surface area (TPSA) is 119 Å². The van der Waals surface area contributed by atoms with Crippen molar-refractivity contribution in [2.45, 2.75) is 56.4 Å². The Morgan fingerprint density at radius 1 is 1.21 bits per heavy atom. The molecule has 2 aromatic rings. The summed E-state index contributed by atoms with van der Waals surface area (Å²) in [6.45, 7) is 4.07. The molecule has 2 atom stereocenters. The van der Waals surface area contributed by atoms with Crippen LogP contribution in [0.5, 0.6) is 0 Å². The van der Waals surface area contributed by atoms with E-state index in [4.69, 9.17) is 10.9 Å². The Bertz CT molecular complexity index is 874. The lowest BCUT2D eigenvalue weighted by Gasteiger charge is -2.20. The fourth-order valence-electron chi connectivity index (χ4n) is 2.88. The van der Waals surface area contributed by atoms with Gasteiger partial charge >= 0.3 is 0 Å². The first kappa shape index (κ1) is 18.6. The fourth-order valence-corrected chi connectivity index (χ4v) is 3.63. The third-order valence-corrected chi connectivity index (χ3v) is 5.42. The average molecular weight is 351 g/mol. The number of hydrogen-bond donors (Lipinski definition) is 3. The first-order valence-corrected chi connectivity index (χ1v) is 9.74. The third-order valence-electron chi connectivity index (χ3n) is 4.45. The first-order chi connectivity index (χ1) is 11.3. The number of nitrogens with one attached hydrogen (secondary N) is 1. The normalized spacial score (nSPS) is 14.7. The maximum absolute atomic E-state index is 12.3. The minimum atomic E-state index is -3.91. The predicted octanol–water partition coefficient (Wildman–Crippen LogP) is 2.19. The molecule has 1 heterocycles. The number of aromatic nitrogens is 1. The summed E-state index contributed by atoms with van der Waals surface area (Å²) in [7, 11) is -3.91. The highest BCUT2D eigenvalue weighted by molar-refractivity contribution is 7.89. The summed E-state index contributed by atoms with van der Waals surface area (Å²) in [6.07, 6.45) is 4.12. The number of sulfonamides is 1. The summed E-state index contributed by atoms with van der Waals surface area (Å²) >= 11 is 0. The zero-order chi connectivity index (χ0) is 17.9. The van der Waals surface area contributed by atoms with Crippen molar-refractivity contribution >= 4 is 20.8 Å². The minimum absolute atomic E-state index is 0.0425. The Kier molecular flexibility index (Phi) is 5.79. The largest absolute Gasteiger partial charge is 0.327 e. The van der Waals surface area contributed by atoms with E-state index in [1.165, 1.54) is 12.1 Å². The number of H-pyrrole nitrogens is 1. The molecule has 0 amide bonds. The van der Waals surface area contributed by atoms with Gasteiger partial charge in [-0.3, -0.25) is 4.79 Å². The molecule has 6 nitrogen and oxygen atoms in total. The van der Waals surface area contributed by atoms with Gasteiger partial charge in [-0.1, -0.05) is 39.2 Å². The van der Waals surface area contributed by atoms with Gasteiger partial charge in [0.05, 0.1) is 4.90 Å². The monoisotopic (exact) mass is 351 g/mol. The molecule has 7 heteroatoms. The van der Waals surface area contributed by atoms with Crippen LogP contribution in [0.4, 0.5) is 0 Å². The van der Waals surface area contributed by atoms with Crippen LogP contribution in [0.1, 0.15) is 51.1 Å². The Morgan fingerprint density at radius 3 is 2.54 bits per heavy atom. The summed E-state index contributed by atoms with van der Waals surface area (Å²) in [4.78, 5) is 15.1. The Labute approximate surface area is 142 Å². The maximum atomic E-state index is 12.3. The van der Waals surface area contributed by atoms with Gasteiger partial charge in [0, 0.05) is 28.4 Å². The van der Waals surface area contributed by atoms with Crippen molar-refractivity contribution in [3.8, 4) is 0 Å². The van der Waals surface area contributed by atoms with Crippen molar-refractivity contribution < 1.29 is 8.42 Å². The number of unbranched alkanes of at least 4 members (excludes halogenated alkanes) is 2. The lowest BCUT2D eigenvalue weighted by Crippen LogP contribution is -2.28. The maximum Gasteiger partial charge on any atom is 0.256 e. The summed E-state index contributed by atoms with van der Waals surface area (Å²) in [5.41, 5.74) is 6.54. The van der Waals surface area contributed by atoms with Crippen LogP contribution in [0.25, 0.3) is 10.8 Å². The smallest absolute Gasteiger partial charge is 0.256 e. The van der Waals surface area contributed by atoms with Crippen LogP contribution in [0, 0.1) is 0 Å². The summed E-state index contributed by atoms with van der Waals surface area (Å²) < 4.78 is 23.6. The van der Waals surface area contributed by atoms with Crippen LogP contribution in [-0.2, 0) is 10.0 Å². The van der Waals surface area contributed by atoms with E-state index in [1.807, 2.05) is 6.92 Å². The number of aromatic amines is 1. The number of rotatable bonds is 7. The van der Waals surface area contributed by atoms with E-state index < -0.39 is 10.0 Å². The van der Waals surface area contributed by atoms with E-state index in [0.717, 1.165) is 25.7 Å². The molecule has 2 rings (SSSR count). The van der Waals surface area contributed by atoms with E-state index in [9.17, 15) is 13.2 Å². The van der Waals surface area contributed by atoms with E-state index in [0.29, 0.717) is 16.5 Å². The molecular weight excluding hydrogens is 326 g/mol. The lowest BCUT2D eigenvalue weighted by molar-refractivity contribution is 0.491. The second-order valence-corrected chi connectivity index (χ2v) is 7.79. The SMILES string of the molecule is CCCCCC(N)C(C)c1cc2c(S(N)(=O)=O)cccc2c(=O)[nH]1. The van der Waals surface area contributed by atoms with Gasteiger partial charge in [0.25, 0.3) is 5.56 Å². The third kappa shape index (κ3) is 4.03. The predicted molar refractivity (Wildman–Crippen MR) is 96.5 cm³/mol. The molecule has 0 fully saturated rings. The van der Waals surface area contributed by atoms with Crippen molar-refractivity contribution in [3.63, 3.8) is 0 Å².